The Morgan fingerprint density at radius 2 is 2.00 bits per heavy atom. The van der Waals surface area contributed by atoms with Gasteiger partial charge in [-0.2, -0.15) is 5.10 Å². The van der Waals surface area contributed by atoms with Crippen LogP contribution in [0.4, 0.5) is 4.39 Å². The summed E-state index contributed by atoms with van der Waals surface area (Å²) in [5, 5.41) is 15.3. The molecule has 1 aromatic carbocycles. The third-order valence-corrected chi connectivity index (χ3v) is 7.17. The van der Waals surface area contributed by atoms with E-state index in [1.165, 1.54) is 17.8 Å². The van der Waals surface area contributed by atoms with Crippen LogP contribution >= 0.6 is 35.0 Å². The smallest absolute Gasteiger partial charge is 0.315 e. The molecule has 0 saturated carbocycles. The van der Waals surface area contributed by atoms with Crippen molar-refractivity contribution in [2.75, 3.05) is 0 Å². The number of aryl methyl sites for hydroxylation is 1. The Labute approximate surface area is 204 Å². The first-order valence-electron chi connectivity index (χ1n) is 10.2. The molecule has 0 amide bonds. The molecule has 0 spiro atoms. The van der Waals surface area contributed by atoms with Crippen LogP contribution in [0.1, 0.15) is 32.9 Å². The van der Waals surface area contributed by atoms with E-state index in [-0.39, 0.29) is 15.7 Å². The molecule has 0 fully saturated rings. The number of hydrogen-bond acceptors (Lipinski definition) is 4. The number of hydrogen-bond donors (Lipinski definition) is 1. The van der Waals surface area contributed by atoms with E-state index in [2.05, 4.69) is 10.1 Å². The summed E-state index contributed by atoms with van der Waals surface area (Å²) in [6.45, 7) is 5.95. The van der Waals surface area contributed by atoms with E-state index < -0.39 is 17.2 Å². The minimum atomic E-state index is -1.16. The number of carboxylic acids is 1. The summed E-state index contributed by atoms with van der Waals surface area (Å²) < 4.78 is 18.6. The maximum atomic E-state index is 15.2. The van der Waals surface area contributed by atoms with Crippen molar-refractivity contribution in [1.82, 2.24) is 19.3 Å². The normalized spacial score (nSPS) is 11.9. The largest absolute Gasteiger partial charge is 0.481 e. The van der Waals surface area contributed by atoms with Gasteiger partial charge >= 0.3 is 5.97 Å². The van der Waals surface area contributed by atoms with E-state index >= 15 is 4.39 Å². The average Bonchev–Trinajstić information content (AvgIpc) is 3.34. The van der Waals surface area contributed by atoms with Crippen LogP contribution in [0.3, 0.4) is 0 Å². The molecular weight excluding hydrogens is 486 g/mol. The fraction of sp³-hybridized carbons (Fsp3) is 0.261. The van der Waals surface area contributed by atoms with E-state index in [4.69, 9.17) is 23.2 Å². The number of aromatic nitrogens is 4. The van der Waals surface area contributed by atoms with Gasteiger partial charge in [-0.1, -0.05) is 48.0 Å². The van der Waals surface area contributed by atoms with Gasteiger partial charge in [-0.25, -0.2) is 9.37 Å². The van der Waals surface area contributed by atoms with E-state index in [9.17, 15) is 9.90 Å². The zero-order chi connectivity index (χ0) is 23.9. The Hall–Kier alpha value is -2.55. The Kier molecular flexibility index (Phi) is 6.44. The third-order valence-electron chi connectivity index (χ3n) is 5.36. The highest BCUT2D eigenvalue weighted by atomic mass is 35.5. The highest BCUT2D eigenvalue weighted by Crippen LogP contribution is 2.44. The van der Waals surface area contributed by atoms with Crippen LogP contribution in [0.5, 0.6) is 0 Å². The molecule has 4 aromatic rings. The second-order valence-corrected chi connectivity index (χ2v) is 9.86. The molecule has 33 heavy (non-hydrogen) atoms. The highest BCUT2D eigenvalue weighted by Gasteiger charge is 2.31. The summed E-state index contributed by atoms with van der Waals surface area (Å²) >= 11 is 14.1. The molecule has 0 aliphatic carbocycles. The Morgan fingerprint density at radius 3 is 2.70 bits per heavy atom. The fourth-order valence-electron chi connectivity index (χ4n) is 3.45. The third kappa shape index (κ3) is 4.23. The lowest BCUT2D eigenvalue weighted by atomic mass is 9.89. The van der Waals surface area contributed by atoms with Crippen molar-refractivity contribution in [3.8, 4) is 5.69 Å². The molecule has 0 aliphatic heterocycles. The van der Waals surface area contributed by atoms with Gasteiger partial charge in [-0.15, -0.1) is 0 Å². The second kappa shape index (κ2) is 9.00. The molecule has 0 saturated heterocycles. The SMILES string of the molecule is CCCn1cc(-n2c(Cl)c(Sc3cccc(C(C)(C)C(=O)O)n3)c3ccc(Cl)c(F)c32)cn1. The molecule has 0 radical (unpaired) electrons. The maximum Gasteiger partial charge on any atom is 0.315 e. The molecule has 3 heterocycles. The predicted molar refractivity (Wildman–Crippen MR) is 128 cm³/mol. The summed E-state index contributed by atoms with van der Waals surface area (Å²) in [6.07, 6.45) is 4.33. The summed E-state index contributed by atoms with van der Waals surface area (Å²) in [7, 11) is 0. The summed E-state index contributed by atoms with van der Waals surface area (Å²) in [4.78, 5) is 16.8. The molecular formula is C23H21Cl2FN4O2S. The van der Waals surface area contributed by atoms with Crippen LogP contribution in [0.25, 0.3) is 16.6 Å². The topological polar surface area (TPSA) is 72.9 Å². The molecule has 172 valence electrons. The van der Waals surface area contributed by atoms with Crippen LogP contribution in [0, 0.1) is 5.82 Å². The number of fused-ring (bicyclic) bond motifs is 1. The highest BCUT2D eigenvalue weighted by molar-refractivity contribution is 7.99. The standard InChI is InChI=1S/C23H21Cl2FN4O2S/c1-4-10-29-12-13(11-27-29)30-19-14(8-9-15(24)18(19)26)20(21(30)25)33-17-7-5-6-16(28-17)23(2,3)22(31)32/h5-9,11-12H,4,10H2,1-3H3,(H,31,32). The minimum Gasteiger partial charge on any atom is -0.481 e. The number of halogens is 3. The second-order valence-electron chi connectivity index (χ2n) is 8.07. The van der Waals surface area contributed by atoms with Crippen LogP contribution in [0.15, 0.2) is 52.6 Å². The molecule has 6 nitrogen and oxygen atoms in total. The van der Waals surface area contributed by atoms with Gasteiger partial charge in [0.25, 0.3) is 0 Å². The van der Waals surface area contributed by atoms with Crippen molar-refractivity contribution in [1.29, 1.82) is 0 Å². The zero-order valence-electron chi connectivity index (χ0n) is 18.1. The van der Waals surface area contributed by atoms with Gasteiger partial charge in [0.1, 0.15) is 15.6 Å². The van der Waals surface area contributed by atoms with Gasteiger partial charge in [0.15, 0.2) is 5.82 Å². The number of nitrogens with zero attached hydrogens (tertiary/aromatic N) is 4. The monoisotopic (exact) mass is 506 g/mol. The van der Waals surface area contributed by atoms with E-state index in [0.29, 0.717) is 26.7 Å². The van der Waals surface area contributed by atoms with Crippen molar-refractivity contribution in [2.24, 2.45) is 0 Å². The van der Waals surface area contributed by atoms with Crippen LogP contribution in [0.2, 0.25) is 10.2 Å². The molecule has 1 N–H and O–H groups in total. The van der Waals surface area contributed by atoms with Crippen molar-refractivity contribution in [3.05, 3.63) is 64.4 Å². The van der Waals surface area contributed by atoms with Crippen LogP contribution in [-0.4, -0.2) is 30.4 Å². The lowest BCUT2D eigenvalue weighted by Gasteiger charge is -2.18. The Bertz CT molecular complexity index is 1370. The van der Waals surface area contributed by atoms with Crippen molar-refractivity contribution in [3.63, 3.8) is 0 Å². The first-order valence-corrected chi connectivity index (χ1v) is 11.8. The van der Waals surface area contributed by atoms with Gasteiger partial charge in [-0.3, -0.25) is 14.0 Å². The number of carboxylic acid groups (broad SMARTS) is 1. The number of aliphatic carboxylic acids is 1. The molecule has 0 atom stereocenters. The van der Waals surface area contributed by atoms with Crippen molar-refractivity contribution in [2.45, 2.75) is 49.1 Å². The van der Waals surface area contributed by atoms with E-state index in [1.54, 1.807) is 59.8 Å². The maximum absolute atomic E-state index is 15.2. The lowest BCUT2D eigenvalue weighted by molar-refractivity contribution is -0.142. The number of carbonyl (C=O) groups is 1. The molecule has 10 heteroatoms. The average molecular weight is 507 g/mol. The van der Waals surface area contributed by atoms with Gasteiger partial charge in [0, 0.05) is 18.1 Å². The molecule has 0 aliphatic rings. The van der Waals surface area contributed by atoms with Gasteiger partial charge in [0.05, 0.1) is 33.0 Å². The summed E-state index contributed by atoms with van der Waals surface area (Å²) in [5.41, 5.74) is 0.102. The first kappa shape index (κ1) is 23.6. The zero-order valence-corrected chi connectivity index (χ0v) is 20.5. The van der Waals surface area contributed by atoms with E-state index in [0.717, 1.165) is 13.0 Å². The number of rotatable bonds is 7. The fourth-order valence-corrected chi connectivity index (χ4v) is 4.95. The number of benzene rings is 1. The lowest BCUT2D eigenvalue weighted by Crippen LogP contribution is -2.29. The van der Waals surface area contributed by atoms with Crippen molar-refractivity contribution >= 4 is 51.8 Å². The van der Waals surface area contributed by atoms with Gasteiger partial charge in [0.2, 0.25) is 0 Å². The van der Waals surface area contributed by atoms with E-state index in [1.807, 2.05) is 6.92 Å². The Balaban J connectivity index is 1.87. The molecule has 0 bridgehead atoms. The predicted octanol–water partition coefficient (Wildman–Crippen LogP) is 6.59. The summed E-state index contributed by atoms with van der Waals surface area (Å²) in [5.74, 6) is -1.56. The molecule has 4 rings (SSSR count). The first-order chi connectivity index (χ1) is 15.6. The Morgan fingerprint density at radius 1 is 1.24 bits per heavy atom. The molecule has 0 unspecified atom stereocenters. The minimum absolute atomic E-state index is 0.0150. The number of pyridine rings is 1. The summed E-state index contributed by atoms with van der Waals surface area (Å²) in [6, 6.07) is 8.38. The van der Waals surface area contributed by atoms with Crippen LogP contribution < -0.4 is 0 Å². The van der Waals surface area contributed by atoms with Gasteiger partial charge in [-0.05, 0) is 44.5 Å². The van der Waals surface area contributed by atoms with Crippen LogP contribution in [-0.2, 0) is 16.8 Å². The quantitative estimate of drug-likeness (QED) is 0.306. The van der Waals surface area contributed by atoms with Crippen molar-refractivity contribution < 1.29 is 14.3 Å². The van der Waals surface area contributed by atoms with Gasteiger partial charge < -0.3 is 5.11 Å². The molecule has 3 aromatic heterocycles.